The highest BCUT2D eigenvalue weighted by Crippen LogP contribution is 2.31. The molecule has 28 heavy (non-hydrogen) atoms. The van der Waals surface area contributed by atoms with Crippen LogP contribution >= 0.6 is 0 Å². The number of methoxy groups -OCH3 is 1. The van der Waals surface area contributed by atoms with E-state index in [1.165, 1.54) is 25.3 Å². The van der Waals surface area contributed by atoms with Crippen LogP contribution < -0.4 is 19.5 Å². The molecule has 0 bridgehead atoms. The number of nitrogens with one attached hydrogen (secondary N) is 1. The zero-order valence-corrected chi connectivity index (χ0v) is 14.7. The van der Waals surface area contributed by atoms with Crippen molar-refractivity contribution >= 4 is 23.3 Å². The van der Waals surface area contributed by atoms with Crippen molar-refractivity contribution in [2.75, 3.05) is 25.6 Å². The van der Waals surface area contributed by atoms with E-state index in [2.05, 4.69) is 5.32 Å². The smallest absolute Gasteiger partial charge is 0.351 e. The monoisotopic (exact) mass is 388 g/mol. The fraction of sp³-hybridized carbons (Fsp3) is 0.222. The van der Waals surface area contributed by atoms with Crippen LogP contribution in [0.4, 0.5) is 11.4 Å². The molecule has 3 rings (SSSR count). The van der Waals surface area contributed by atoms with Gasteiger partial charge in [-0.05, 0) is 18.2 Å². The number of nitro groups is 1. The van der Waals surface area contributed by atoms with Crippen LogP contribution in [-0.2, 0) is 14.3 Å². The summed E-state index contributed by atoms with van der Waals surface area (Å²) in [4.78, 5) is 34.3. The fourth-order valence-electron chi connectivity index (χ4n) is 2.45. The predicted molar refractivity (Wildman–Crippen MR) is 95.6 cm³/mol. The van der Waals surface area contributed by atoms with E-state index in [1.807, 2.05) is 0 Å². The number of hydrogen-bond donors (Lipinski definition) is 1. The quantitative estimate of drug-likeness (QED) is 0.452. The van der Waals surface area contributed by atoms with Crippen LogP contribution in [0, 0.1) is 10.1 Å². The molecule has 1 aliphatic heterocycles. The van der Waals surface area contributed by atoms with E-state index in [0.717, 1.165) is 0 Å². The summed E-state index contributed by atoms with van der Waals surface area (Å²) in [5.74, 6) is -0.349. The van der Waals surface area contributed by atoms with Crippen molar-refractivity contribution in [2.45, 2.75) is 6.10 Å². The molecule has 0 radical (unpaired) electrons. The first-order valence-electron chi connectivity index (χ1n) is 8.15. The lowest BCUT2D eigenvalue weighted by atomic mass is 10.2. The molecule has 2 aromatic carbocycles. The summed E-state index contributed by atoms with van der Waals surface area (Å²) in [5, 5.41) is 13.3. The summed E-state index contributed by atoms with van der Waals surface area (Å²) in [6.45, 7) is -0.603. The molecule has 0 aliphatic carbocycles. The van der Waals surface area contributed by atoms with Gasteiger partial charge < -0.3 is 24.3 Å². The maximum Gasteiger partial charge on any atom is 0.351 e. The molecule has 1 amide bonds. The molecular formula is C18H16N2O8. The Balaban J connectivity index is 1.55. The second-order valence-corrected chi connectivity index (χ2v) is 5.66. The first-order chi connectivity index (χ1) is 13.5. The van der Waals surface area contributed by atoms with Gasteiger partial charge in [-0.15, -0.1) is 0 Å². The van der Waals surface area contributed by atoms with Gasteiger partial charge >= 0.3 is 5.97 Å². The van der Waals surface area contributed by atoms with Crippen molar-refractivity contribution < 1.29 is 33.5 Å². The van der Waals surface area contributed by atoms with Gasteiger partial charge in [0.25, 0.3) is 11.6 Å². The van der Waals surface area contributed by atoms with Gasteiger partial charge in [-0.1, -0.05) is 12.1 Å². The first kappa shape index (κ1) is 19.0. The van der Waals surface area contributed by atoms with Crippen molar-refractivity contribution in [2.24, 2.45) is 0 Å². The van der Waals surface area contributed by atoms with Gasteiger partial charge in [0.15, 0.2) is 18.1 Å². The van der Waals surface area contributed by atoms with E-state index in [0.29, 0.717) is 11.5 Å². The van der Waals surface area contributed by atoms with E-state index in [-0.39, 0.29) is 23.7 Å². The molecule has 10 nitrogen and oxygen atoms in total. The average molecular weight is 388 g/mol. The number of nitrogens with zero attached hydrogens (tertiary/aromatic N) is 1. The Morgan fingerprint density at radius 1 is 1.25 bits per heavy atom. The molecular weight excluding hydrogens is 372 g/mol. The Bertz CT molecular complexity index is 914. The number of amides is 1. The van der Waals surface area contributed by atoms with E-state index in [1.54, 1.807) is 24.3 Å². The molecule has 0 saturated heterocycles. The summed E-state index contributed by atoms with van der Waals surface area (Å²) < 4.78 is 20.9. The van der Waals surface area contributed by atoms with E-state index in [4.69, 9.17) is 18.9 Å². The number of ether oxygens (including phenoxy) is 4. The number of hydrogen-bond acceptors (Lipinski definition) is 8. The van der Waals surface area contributed by atoms with Crippen LogP contribution in [0.3, 0.4) is 0 Å². The highest BCUT2D eigenvalue weighted by Gasteiger charge is 2.29. The van der Waals surface area contributed by atoms with Crippen LogP contribution in [0.5, 0.6) is 17.2 Å². The van der Waals surface area contributed by atoms with Crippen molar-refractivity contribution in [3.8, 4) is 17.2 Å². The van der Waals surface area contributed by atoms with Crippen LogP contribution in [0.25, 0.3) is 0 Å². The summed E-state index contributed by atoms with van der Waals surface area (Å²) in [7, 11) is 1.31. The third-order valence-corrected chi connectivity index (χ3v) is 3.79. The molecule has 0 fully saturated rings. The fourth-order valence-corrected chi connectivity index (χ4v) is 2.45. The van der Waals surface area contributed by atoms with Crippen molar-refractivity contribution in [1.29, 1.82) is 0 Å². The molecule has 1 atom stereocenters. The predicted octanol–water partition coefficient (Wildman–Crippen LogP) is 1.93. The van der Waals surface area contributed by atoms with Gasteiger partial charge in [0.05, 0.1) is 23.8 Å². The number of non-ortho nitro benzene ring substituents is 1. The number of para-hydroxylation sites is 2. The lowest BCUT2D eigenvalue weighted by molar-refractivity contribution is -0.384. The van der Waals surface area contributed by atoms with Gasteiger partial charge in [0, 0.05) is 6.07 Å². The lowest BCUT2D eigenvalue weighted by Gasteiger charge is -2.24. The minimum absolute atomic E-state index is 0.0341. The van der Waals surface area contributed by atoms with Gasteiger partial charge in [-0.25, -0.2) is 4.79 Å². The zero-order valence-electron chi connectivity index (χ0n) is 14.7. The van der Waals surface area contributed by atoms with E-state index >= 15 is 0 Å². The van der Waals surface area contributed by atoms with Gasteiger partial charge in [0.1, 0.15) is 12.4 Å². The molecule has 146 valence electrons. The van der Waals surface area contributed by atoms with Crippen LogP contribution in [-0.4, -0.2) is 43.2 Å². The Morgan fingerprint density at radius 2 is 2.00 bits per heavy atom. The largest absolute Gasteiger partial charge is 0.494 e. The normalized spacial score (nSPS) is 14.7. The van der Waals surface area contributed by atoms with Crippen molar-refractivity contribution in [3.05, 3.63) is 52.6 Å². The summed E-state index contributed by atoms with van der Waals surface area (Å²) in [5.41, 5.74) is 0.0244. The topological polar surface area (TPSA) is 126 Å². The maximum atomic E-state index is 12.1. The Kier molecular flexibility index (Phi) is 5.58. The van der Waals surface area contributed by atoms with Crippen LogP contribution in [0.1, 0.15) is 0 Å². The zero-order chi connectivity index (χ0) is 20.1. The molecule has 2 aromatic rings. The second kappa shape index (κ2) is 8.25. The number of esters is 1. The minimum atomic E-state index is -0.989. The highest BCUT2D eigenvalue weighted by molar-refractivity contribution is 5.94. The molecule has 1 heterocycles. The third-order valence-electron chi connectivity index (χ3n) is 3.79. The standard InChI is InChI=1S/C18H16N2O8/c1-25-15-8-11(20(23)24)6-7-12(15)19-17(21)10-27-18(22)16-9-26-13-4-2-3-5-14(13)28-16/h2-8,16H,9-10H2,1H3,(H,19,21)/t16-/m1/s1. The first-order valence-corrected chi connectivity index (χ1v) is 8.15. The Labute approximate surface area is 159 Å². The second-order valence-electron chi connectivity index (χ2n) is 5.66. The van der Waals surface area contributed by atoms with Crippen molar-refractivity contribution in [3.63, 3.8) is 0 Å². The van der Waals surface area contributed by atoms with Crippen LogP contribution in [0.15, 0.2) is 42.5 Å². The average Bonchev–Trinajstić information content (AvgIpc) is 2.71. The van der Waals surface area contributed by atoms with Gasteiger partial charge in [0.2, 0.25) is 6.10 Å². The molecule has 0 unspecified atom stereocenters. The Hall–Kier alpha value is -3.82. The lowest BCUT2D eigenvalue weighted by Crippen LogP contribution is -2.39. The highest BCUT2D eigenvalue weighted by atomic mass is 16.6. The molecule has 1 N–H and O–H groups in total. The number of carbonyl (C=O) groups excluding carboxylic acids is 2. The van der Waals surface area contributed by atoms with Gasteiger partial charge in [-0.2, -0.15) is 0 Å². The maximum absolute atomic E-state index is 12.1. The number of fused-ring (bicyclic) bond motifs is 1. The summed E-state index contributed by atoms with van der Waals surface area (Å²) in [6.07, 6.45) is -0.989. The van der Waals surface area contributed by atoms with E-state index in [9.17, 15) is 19.7 Å². The van der Waals surface area contributed by atoms with E-state index < -0.39 is 29.5 Å². The summed E-state index contributed by atoms with van der Waals surface area (Å²) in [6, 6.07) is 10.6. The third kappa shape index (κ3) is 4.29. The molecule has 0 spiro atoms. The number of carbonyl (C=O) groups is 2. The number of benzene rings is 2. The number of anilines is 1. The SMILES string of the molecule is COc1cc([N+](=O)[O-])ccc1NC(=O)COC(=O)[C@H]1COc2ccccc2O1. The molecule has 10 heteroatoms. The molecule has 0 saturated carbocycles. The molecule has 1 aliphatic rings. The van der Waals surface area contributed by atoms with Gasteiger partial charge in [-0.3, -0.25) is 14.9 Å². The Morgan fingerprint density at radius 3 is 2.71 bits per heavy atom. The molecule has 0 aromatic heterocycles. The number of nitro benzene ring substituents is 1. The van der Waals surface area contributed by atoms with Crippen LogP contribution in [0.2, 0.25) is 0 Å². The van der Waals surface area contributed by atoms with Crippen molar-refractivity contribution in [1.82, 2.24) is 0 Å². The summed E-state index contributed by atoms with van der Waals surface area (Å²) >= 11 is 0. The minimum Gasteiger partial charge on any atom is -0.494 e. The number of rotatable bonds is 6.